The molecular formula is C19H23N3O3S. The van der Waals surface area contributed by atoms with Gasteiger partial charge in [-0.15, -0.1) is 0 Å². The first-order valence-corrected chi connectivity index (χ1v) is 10.1. The van der Waals surface area contributed by atoms with Crippen molar-refractivity contribution < 1.29 is 13.2 Å². The smallest absolute Gasteiger partial charge is 0.328 e. The predicted octanol–water partition coefficient (Wildman–Crippen LogP) is 2.44. The standard InChI is InChI=1S/C19H23N3O3S/c1-15-7-9-17(10-8-15)26(24,25)21-19(23)20-12-4-13-22-14-11-16-5-2-3-6-18(16)22/h2-3,5-10H,4,11-14H2,1H3,(H2,20,21,23). The number of urea groups is 1. The van der Waals surface area contributed by atoms with Crippen molar-refractivity contribution in [2.45, 2.75) is 24.7 Å². The molecule has 0 saturated heterocycles. The van der Waals surface area contributed by atoms with Gasteiger partial charge in [0.2, 0.25) is 0 Å². The fourth-order valence-corrected chi connectivity index (χ4v) is 3.97. The van der Waals surface area contributed by atoms with Crippen LogP contribution in [0.2, 0.25) is 0 Å². The molecule has 2 N–H and O–H groups in total. The molecule has 0 aliphatic carbocycles. The third-order valence-electron chi connectivity index (χ3n) is 4.43. The Hall–Kier alpha value is -2.54. The fourth-order valence-electron chi connectivity index (χ4n) is 3.05. The maximum absolute atomic E-state index is 12.2. The molecule has 0 atom stereocenters. The molecule has 1 aliphatic rings. The maximum atomic E-state index is 12.2. The molecular weight excluding hydrogens is 350 g/mol. The molecule has 0 bridgehead atoms. The average molecular weight is 373 g/mol. The van der Waals surface area contributed by atoms with Gasteiger partial charge in [0.15, 0.2) is 0 Å². The first kappa shape index (κ1) is 18.3. The molecule has 0 saturated carbocycles. The van der Waals surface area contributed by atoms with Crippen LogP contribution in [0, 0.1) is 6.92 Å². The minimum atomic E-state index is -3.84. The van der Waals surface area contributed by atoms with Crippen LogP contribution < -0.4 is 14.9 Å². The number of anilines is 1. The van der Waals surface area contributed by atoms with E-state index in [1.165, 1.54) is 23.4 Å². The summed E-state index contributed by atoms with van der Waals surface area (Å²) >= 11 is 0. The summed E-state index contributed by atoms with van der Waals surface area (Å²) in [5, 5.41) is 2.61. The average Bonchev–Trinajstić information content (AvgIpc) is 3.02. The van der Waals surface area contributed by atoms with Crippen LogP contribution >= 0.6 is 0 Å². The Morgan fingerprint density at radius 3 is 2.62 bits per heavy atom. The Morgan fingerprint density at radius 1 is 1.12 bits per heavy atom. The molecule has 26 heavy (non-hydrogen) atoms. The summed E-state index contributed by atoms with van der Waals surface area (Å²) in [6.07, 6.45) is 1.78. The van der Waals surface area contributed by atoms with Gasteiger partial charge in [0.1, 0.15) is 0 Å². The number of nitrogens with zero attached hydrogens (tertiary/aromatic N) is 1. The lowest BCUT2D eigenvalue weighted by Crippen LogP contribution is -2.40. The largest absolute Gasteiger partial charge is 0.371 e. The van der Waals surface area contributed by atoms with Gasteiger partial charge < -0.3 is 10.2 Å². The molecule has 138 valence electrons. The van der Waals surface area contributed by atoms with Crippen molar-refractivity contribution >= 4 is 21.7 Å². The molecule has 0 fully saturated rings. The Balaban J connectivity index is 1.44. The maximum Gasteiger partial charge on any atom is 0.328 e. The lowest BCUT2D eigenvalue weighted by Gasteiger charge is -2.19. The molecule has 1 heterocycles. The summed E-state index contributed by atoms with van der Waals surface area (Å²) in [5.41, 5.74) is 3.55. The van der Waals surface area contributed by atoms with Gasteiger partial charge in [0.05, 0.1) is 4.90 Å². The van der Waals surface area contributed by atoms with Gasteiger partial charge in [-0.25, -0.2) is 17.9 Å². The SMILES string of the molecule is Cc1ccc(S(=O)(=O)NC(=O)NCCCN2CCc3ccccc32)cc1. The van der Waals surface area contributed by atoms with Crippen molar-refractivity contribution in [1.29, 1.82) is 0 Å². The van der Waals surface area contributed by atoms with Crippen molar-refractivity contribution in [1.82, 2.24) is 10.0 Å². The van der Waals surface area contributed by atoms with Crippen LogP contribution in [0.1, 0.15) is 17.5 Å². The molecule has 0 aromatic heterocycles. The van der Waals surface area contributed by atoms with E-state index in [1.54, 1.807) is 12.1 Å². The Labute approximate surface area is 154 Å². The van der Waals surface area contributed by atoms with E-state index in [-0.39, 0.29) is 4.90 Å². The number of nitrogens with one attached hydrogen (secondary N) is 2. The Bertz CT molecular complexity index is 879. The highest BCUT2D eigenvalue weighted by atomic mass is 32.2. The highest BCUT2D eigenvalue weighted by molar-refractivity contribution is 7.90. The lowest BCUT2D eigenvalue weighted by molar-refractivity contribution is 0.245. The molecule has 0 spiro atoms. The summed E-state index contributed by atoms with van der Waals surface area (Å²) in [6, 6.07) is 14.0. The first-order valence-electron chi connectivity index (χ1n) is 8.66. The zero-order chi connectivity index (χ0) is 18.6. The monoisotopic (exact) mass is 373 g/mol. The third kappa shape index (κ3) is 4.35. The fraction of sp³-hybridized carbons (Fsp3) is 0.316. The second-order valence-electron chi connectivity index (χ2n) is 6.39. The van der Waals surface area contributed by atoms with E-state index in [0.717, 1.165) is 31.5 Å². The minimum Gasteiger partial charge on any atom is -0.371 e. The number of amides is 2. The van der Waals surface area contributed by atoms with Gasteiger partial charge in [-0.1, -0.05) is 35.9 Å². The Kier molecular flexibility index (Phi) is 5.46. The summed E-state index contributed by atoms with van der Waals surface area (Å²) < 4.78 is 26.4. The van der Waals surface area contributed by atoms with Gasteiger partial charge in [0.25, 0.3) is 10.0 Å². The molecule has 2 amide bonds. The van der Waals surface area contributed by atoms with Gasteiger partial charge in [-0.2, -0.15) is 0 Å². The number of para-hydroxylation sites is 1. The quantitative estimate of drug-likeness (QED) is 0.763. The van der Waals surface area contributed by atoms with E-state index in [1.807, 2.05) is 23.8 Å². The van der Waals surface area contributed by atoms with Crippen LogP contribution in [0.5, 0.6) is 0 Å². The zero-order valence-corrected chi connectivity index (χ0v) is 15.6. The van der Waals surface area contributed by atoms with Gasteiger partial charge in [-0.3, -0.25) is 0 Å². The van der Waals surface area contributed by atoms with Crippen molar-refractivity contribution in [3.8, 4) is 0 Å². The van der Waals surface area contributed by atoms with Crippen LogP contribution in [-0.2, 0) is 16.4 Å². The normalized spacial score (nSPS) is 13.3. The highest BCUT2D eigenvalue weighted by Gasteiger charge is 2.19. The number of carbonyl (C=O) groups excluding carboxylic acids is 1. The number of benzene rings is 2. The van der Waals surface area contributed by atoms with E-state index in [0.29, 0.717) is 6.54 Å². The van der Waals surface area contributed by atoms with E-state index in [9.17, 15) is 13.2 Å². The summed E-state index contributed by atoms with van der Waals surface area (Å²) in [6.45, 7) is 4.08. The molecule has 0 unspecified atom stereocenters. The van der Waals surface area contributed by atoms with Crippen LogP contribution in [-0.4, -0.2) is 34.1 Å². The number of carbonyl (C=O) groups is 1. The van der Waals surface area contributed by atoms with Crippen molar-refractivity contribution in [2.24, 2.45) is 0 Å². The van der Waals surface area contributed by atoms with Crippen molar-refractivity contribution in [2.75, 3.05) is 24.5 Å². The summed E-state index contributed by atoms with van der Waals surface area (Å²) in [7, 11) is -3.84. The number of aryl methyl sites for hydroxylation is 1. The van der Waals surface area contributed by atoms with Crippen LogP contribution in [0.4, 0.5) is 10.5 Å². The van der Waals surface area contributed by atoms with E-state index in [4.69, 9.17) is 0 Å². The van der Waals surface area contributed by atoms with E-state index >= 15 is 0 Å². The van der Waals surface area contributed by atoms with Gasteiger partial charge in [0, 0.05) is 25.3 Å². The molecule has 2 aromatic rings. The van der Waals surface area contributed by atoms with Crippen LogP contribution in [0.15, 0.2) is 53.4 Å². The number of fused-ring (bicyclic) bond motifs is 1. The zero-order valence-electron chi connectivity index (χ0n) is 14.7. The predicted molar refractivity (Wildman–Crippen MR) is 102 cm³/mol. The highest BCUT2D eigenvalue weighted by Crippen LogP contribution is 2.27. The van der Waals surface area contributed by atoms with Crippen LogP contribution in [0.3, 0.4) is 0 Å². The van der Waals surface area contributed by atoms with Crippen molar-refractivity contribution in [3.05, 3.63) is 59.7 Å². The molecule has 2 aromatic carbocycles. The van der Waals surface area contributed by atoms with E-state index < -0.39 is 16.1 Å². The molecule has 7 heteroatoms. The third-order valence-corrected chi connectivity index (χ3v) is 5.78. The topological polar surface area (TPSA) is 78.5 Å². The van der Waals surface area contributed by atoms with Gasteiger partial charge >= 0.3 is 6.03 Å². The molecule has 6 nitrogen and oxygen atoms in total. The van der Waals surface area contributed by atoms with Gasteiger partial charge in [-0.05, 0) is 43.5 Å². The number of hydrogen-bond acceptors (Lipinski definition) is 4. The molecule has 3 rings (SSSR count). The van der Waals surface area contributed by atoms with E-state index in [2.05, 4.69) is 22.3 Å². The number of rotatable bonds is 6. The summed E-state index contributed by atoms with van der Waals surface area (Å²) in [4.78, 5) is 14.2. The first-order chi connectivity index (χ1) is 12.5. The number of hydrogen-bond donors (Lipinski definition) is 2. The summed E-state index contributed by atoms with van der Waals surface area (Å²) in [5.74, 6) is 0. The Morgan fingerprint density at radius 2 is 1.85 bits per heavy atom. The molecule has 0 radical (unpaired) electrons. The lowest BCUT2D eigenvalue weighted by atomic mass is 10.2. The van der Waals surface area contributed by atoms with Crippen molar-refractivity contribution in [3.63, 3.8) is 0 Å². The number of sulfonamides is 1. The van der Waals surface area contributed by atoms with Crippen LogP contribution in [0.25, 0.3) is 0 Å². The second-order valence-corrected chi connectivity index (χ2v) is 8.08. The minimum absolute atomic E-state index is 0.0759. The second kappa shape index (κ2) is 7.78. The molecule has 1 aliphatic heterocycles.